The molecule has 1 atom stereocenters. The van der Waals surface area contributed by atoms with Gasteiger partial charge in [0.25, 0.3) is 0 Å². The second-order valence-corrected chi connectivity index (χ2v) is 5.38. The van der Waals surface area contributed by atoms with E-state index in [1.165, 1.54) is 0 Å². The van der Waals surface area contributed by atoms with Gasteiger partial charge in [-0.25, -0.2) is 0 Å². The minimum Gasteiger partial charge on any atom is -0.386 e. The fraction of sp³-hybridized carbons (Fsp3) is 0.286. The monoisotopic (exact) mass is 328 g/mol. The van der Waals surface area contributed by atoms with Gasteiger partial charge in [-0.15, -0.1) is 0 Å². The van der Waals surface area contributed by atoms with Crippen molar-refractivity contribution in [2.75, 3.05) is 6.54 Å². The molecule has 7 heteroatoms. The fourth-order valence-corrected chi connectivity index (χ4v) is 2.52. The molecule has 1 aromatic carbocycles. The molecule has 0 saturated carbocycles. The first-order valence-electron chi connectivity index (χ1n) is 6.28. The third-order valence-corrected chi connectivity index (χ3v) is 3.50. The van der Waals surface area contributed by atoms with Crippen molar-refractivity contribution in [3.8, 4) is 0 Å². The Morgan fingerprint density at radius 1 is 1.43 bits per heavy atom. The lowest BCUT2D eigenvalue weighted by Crippen LogP contribution is -2.30. The second-order valence-electron chi connectivity index (χ2n) is 4.56. The zero-order valence-electron chi connectivity index (χ0n) is 11.3. The van der Waals surface area contributed by atoms with E-state index in [0.29, 0.717) is 27.1 Å². The highest BCUT2D eigenvalue weighted by Gasteiger charge is 2.16. The molecular weight excluding hydrogens is 315 g/mol. The van der Waals surface area contributed by atoms with E-state index < -0.39 is 6.10 Å². The molecular formula is C14H14Cl2N2O3. The van der Waals surface area contributed by atoms with Crippen LogP contribution >= 0.6 is 23.2 Å². The Hall–Kier alpha value is -1.56. The summed E-state index contributed by atoms with van der Waals surface area (Å²) in [6.07, 6.45) is -0.894. The Morgan fingerprint density at radius 2 is 2.10 bits per heavy atom. The Morgan fingerprint density at radius 3 is 2.67 bits per heavy atom. The minimum absolute atomic E-state index is 0.0130. The third-order valence-electron chi connectivity index (χ3n) is 2.84. The maximum Gasteiger partial charge on any atom is 0.226 e. The molecule has 21 heavy (non-hydrogen) atoms. The Bertz CT molecular complexity index is 623. The molecule has 112 valence electrons. The first-order valence-corrected chi connectivity index (χ1v) is 7.04. The molecule has 1 aromatic heterocycles. The van der Waals surface area contributed by atoms with E-state index in [1.54, 1.807) is 31.2 Å². The van der Waals surface area contributed by atoms with Gasteiger partial charge in [0.1, 0.15) is 5.76 Å². The summed E-state index contributed by atoms with van der Waals surface area (Å²) in [6, 6.07) is 6.63. The summed E-state index contributed by atoms with van der Waals surface area (Å²) in [5, 5.41) is 17.1. The summed E-state index contributed by atoms with van der Waals surface area (Å²) in [4.78, 5) is 11.8. The van der Waals surface area contributed by atoms with Crippen LogP contribution in [0.5, 0.6) is 0 Å². The van der Waals surface area contributed by atoms with Crippen LogP contribution in [0.25, 0.3) is 0 Å². The summed E-state index contributed by atoms with van der Waals surface area (Å²) in [7, 11) is 0. The van der Waals surface area contributed by atoms with Crippen molar-refractivity contribution in [3.05, 3.63) is 51.3 Å². The number of nitrogens with zero attached hydrogens (tertiary/aromatic N) is 1. The van der Waals surface area contributed by atoms with Gasteiger partial charge in [-0.2, -0.15) is 0 Å². The molecule has 0 aliphatic rings. The Labute approximate surface area is 131 Å². The van der Waals surface area contributed by atoms with Crippen LogP contribution in [-0.4, -0.2) is 22.7 Å². The highest BCUT2D eigenvalue weighted by Crippen LogP contribution is 2.29. The van der Waals surface area contributed by atoms with Crippen molar-refractivity contribution in [3.63, 3.8) is 0 Å². The number of aromatic nitrogens is 1. The normalized spacial score (nSPS) is 12.2. The average molecular weight is 329 g/mol. The number of aliphatic hydroxyl groups is 1. The number of carbonyl (C=O) groups is 1. The summed E-state index contributed by atoms with van der Waals surface area (Å²) < 4.78 is 4.88. The maximum atomic E-state index is 11.8. The van der Waals surface area contributed by atoms with Gasteiger partial charge >= 0.3 is 0 Å². The van der Waals surface area contributed by atoms with Crippen molar-refractivity contribution in [2.24, 2.45) is 0 Å². The van der Waals surface area contributed by atoms with Gasteiger partial charge in [-0.1, -0.05) is 34.4 Å². The number of hydrogen-bond acceptors (Lipinski definition) is 4. The third kappa shape index (κ3) is 4.20. The average Bonchev–Trinajstić information content (AvgIpc) is 2.81. The summed E-state index contributed by atoms with van der Waals surface area (Å²) in [6.45, 7) is 1.76. The van der Waals surface area contributed by atoms with Crippen LogP contribution in [0.1, 0.15) is 23.1 Å². The topological polar surface area (TPSA) is 75.4 Å². The molecule has 2 aromatic rings. The zero-order chi connectivity index (χ0) is 15.4. The van der Waals surface area contributed by atoms with E-state index in [1.807, 2.05) is 0 Å². The molecule has 1 amide bonds. The molecule has 0 fully saturated rings. The molecule has 1 heterocycles. The van der Waals surface area contributed by atoms with E-state index in [0.717, 1.165) is 0 Å². The van der Waals surface area contributed by atoms with Gasteiger partial charge in [0, 0.05) is 28.2 Å². The summed E-state index contributed by atoms with van der Waals surface area (Å²) in [5.74, 6) is 0.367. The van der Waals surface area contributed by atoms with Gasteiger partial charge < -0.3 is 14.9 Å². The summed E-state index contributed by atoms with van der Waals surface area (Å²) >= 11 is 12.0. The fourth-order valence-electron chi connectivity index (χ4n) is 1.87. The van der Waals surface area contributed by atoms with Crippen LogP contribution in [0, 0.1) is 6.92 Å². The largest absolute Gasteiger partial charge is 0.386 e. The molecule has 0 saturated heterocycles. The van der Waals surface area contributed by atoms with Crippen molar-refractivity contribution in [1.82, 2.24) is 10.5 Å². The van der Waals surface area contributed by atoms with Crippen LogP contribution in [0.2, 0.25) is 10.0 Å². The predicted molar refractivity (Wildman–Crippen MR) is 79.4 cm³/mol. The van der Waals surface area contributed by atoms with Crippen LogP contribution in [0.15, 0.2) is 28.8 Å². The first kappa shape index (κ1) is 15.8. The Kier molecular flexibility index (Phi) is 5.22. The van der Waals surface area contributed by atoms with E-state index in [-0.39, 0.29) is 18.9 Å². The second kappa shape index (κ2) is 6.93. The SMILES string of the molecule is Cc1cc(CC(=O)NC[C@@H](O)c2c(Cl)cccc2Cl)no1. The number of hydrogen-bond donors (Lipinski definition) is 2. The standard InChI is InChI=1S/C14H14Cl2N2O3/c1-8-5-9(18-21-8)6-13(20)17-7-12(19)14-10(15)3-2-4-11(14)16/h2-5,12,19H,6-7H2,1H3,(H,17,20)/t12-/m1/s1. The van der Waals surface area contributed by atoms with Crippen LogP contribution in [-0.2, 0) is 11.2 Å². The molecule has 0 aliphatic carbocycles. The molecule has 2 N–H and O–H groups in total. The van der Waals surface area contributed by atoms with Gasteiger partial charge in [0.15, 0.2) is 0 Å². The number of aryl methyl sites for hydroxylation is 1. The number of halogens is 2. The molecule has 5 nitrogen and oxygen atoms in total. The molecule has 0 unspecified atom stereocenters. The number of carbonyl (C=O) groups excluding carboxylic acids is 1. The van der Waals surface area contributed by atoms with Crippen LogP contribution < -0.4 is 5.32 Å². The van der Waals surface area contributed by atoms with Gasteiger partial charge in [-0.05, 0) is 19.1 Å². The lowest BCUT2D eigenvalue weighted by molar-refractivity contribution is -0.121. The molecule has 0 aliphatic heterocycles. The number of aliphatic hydroxyl groups excluding tert-OH is 1. The lowest BCUT2D eigenvalue weighted by atomic mass is 10.1. The predicted octanol–water partition coefficient (Wildman–Crippen LogP) is 2.68. The first-order chi connectivity index (χ1) is 9.97. The number of amides is 1. The van der Waals surface area contributed by atoms with Crippen molar-refractivity contribution in [1.29, 1.82) is 0 Å². The lowest BCUT2D eigenvalue weighted by Gasteiger charge is -2.15. The van der Waals surface area contributed by atoms with E-state index >= 15 is 0 Å². The van der Waals surface area contributed by atoms with Crippen LogP contribution in [0.3, 0.4) is 0 Å². The number of nitrogens with one attached hydrogen (secondary N) is 1. The molecule has 2 rings (SSSR count). The summed E-state index contributed by atoms with van der Waals surface area (Å²) in [5.41, 5.74) is 0.939. The van der Waals surface area contributed by atoms with Crippen molar-refractivity contribution < 1.29 is 14.4 Å². The quantitative estimate of drug-likeness (QED) is 0.884. The Balaban J connectivity index is 1.91. The maximum absolute atomic E-state index is 11.8. The molecule has 0 spiro atoms. The molecule has 0 bridgehead atoms. The smallest absolute Gasteiger partial charge is 0.226 e. The van der Waals surface area contributed by atoms with Gasteiger partial charge in [-0.3, -0.25) is 4.79 Å². The van der Waals surface area contributed by atoms with E-state index in [2.05, 4.69) is 10.5 Å². The minimum atomic E-state index is -0.978. The highest BCUT2D eigenvalue weighted by molar-refractivity contribution is 6.36. The molecule has 0 radical (unpaired) electrons. The van der Waals surface area contributed by atoms with E-state index in [9.17, 15) is 9.90 Å². The van der Waals surface area contributed by atoms with E-state index in [4.69, 9.17) is 27.7 Å². The van der Waals surface area contributed by atoms with Crippen molar-refractivity contribution >= 4 is 29.1 Å². The zero-order valence-corrected chi connectivity index (χ0v) is 12.8. The van der Waals surface area contributed by atoms with Gasteiger partial charge in [0.2, 0.25) is 5.91 Å². The van der Waals surface area contributed by atoms with Crippen LogP contribution in [0.4, 0.5) is 0 Å². The van der Waals surface area contributed by atoms with Crippen molar-refractivity contribution in [2.45, 2.75) is 19.4 Å². The number of benzene rings is 1. The van der Waals surface area contributed by atoms with Gasteiger partial charge in [0.05, 0.1) is 18.2 Å². The highest BCUT2D eigenvalue weighted by atomic mass is 35.5. The number of rotatable bonds is 5.